The molecule has 0 saturated heterocycles. The molecule has 2 aromatic carbocycles. The van der Waals surface area contributed by atoms with Crippen LogP contribution in [-0.4, -0.2) is 26.6 Å². The highest BCUT2D eigenvalue weighted by molar-refractivity contribution is 5.88. The average molecular weight is 321 g/mol. The highest BCUT2D eigenvalue weighted by Gasteiger charge is 2.08. The molecule has 1 aromatic heterocycles. The Morgan fingerprint density at radius 2 is 1.88 bits per heavy atom. The van der Waals surface area contributed by atoms with Gasteiger partial charge in [-0.2, -0.15) is 5.10 Å². The quantitative estimate of drug-likeness (QED) is 0.560. The second-order valence-corrected chi connectivity index (χ2v) is 5.46. The van der Waals surface area contributed by atoms with E-state index in [9.17, 15) is 4.79 Å². The Balaban J connectivity index is 1.63. The maximum absolute atomic E-state index is 12.1. The molecule has 0 fully saturated rings. The third-order valence-electron chi connectivity index (χ3n) is 3.71. The van der Waals surface area contributed by atoms with Gasteiger partial charge in [0.05, 0.1) is 5.52 Å². The molecule has 0 aliphatic heterocycles. The molecule has 0 aliphatic carbocycles. The summed E-state index contributed by atoms with van der Waals surface area (Å²) >= 11 is 0. The van der Waals surface area contributed by atoms with Gasteiger partial charge >= 0.3 is 0 Å². The second kappa shape index (κ2) is 7.50. The van der Waals surface area contributed by atoms with Crippen LogP contribution in [0.2, 0.25) is 0 Å². The number of nitrogens with zero attached hydrogens (tertiary/aromatic N) is 4. The molecule has 6 nitrogen and oxygen atoms in total. The molecule has 0 saturated carbocycles. The Kier molecular flexibility index (Phi) is 4.96. The topological polar surface area (TPSA) is 72.2 Å². The van der Waals surface area contributed by atoms with Crippen LogP contribution in [0.15, 0.2) is 59.7 Å². The molecule has 0 aliphatic rings. The molecule has 3 rings (SSSR count). The van der Waals surface area contributed by atoms with Crippen molar-refractivity contribution in [3.63, 3.8) is 0 Å². The summed E-state index contributed by atoms with van der Waals surface area (Å²) in [7, 11) is 0. The first-order valence-electron chi connectivity index (χ1n) is 7.92. The van der Waals surface area contributed by atoms with Gasteiger partial charge in [-0.05, 0) is 24.1 Å². The Morgan fingerprint density at radius 3 is 2.67 bits per heavy atom. The van der Waals surface area contributed by atoms with Crippen molar-refractivity contribution < 1.29 is 4.79 Å². The van der Waals surface area contributed by atoms with Gasteiger partial charge in [0.25, 0.3) is 5.91 Å². The summed E-state index contributed by atoms with van der Waals surface area (Å²) in [5.74, 6) is -0.218. The van der Waals surface area contributed by atoms with Crippen molar-refractivity contribution >= 4 is 22.7 Å². The predicted octanol–water partition coefficient (Wildman–Crippen LogP) is 2.56. The lowest BCUT2D eigenvalue weighted by atomic mass is 10.1. The molecular formula is C18H19N5O. The summed E-state index contributed by atoms with van der Waals surface area (Å²) in [4.78, 5) is 12.1. The summed E-state index contributed by atoms with van der Waals surface area (Å²) in [6.07, 6.45) is 1.51. The van der Waals surface area contributed by atoms with Crippen LogP contribution < -0.4 is 5.43 Å². The summed E-state index contributed by atoms with van der Waals surface area (Å²) in [5.41, 5.74) is 6.32. The van der Waals surface area contributed by atoms with Crippen molar-refractivity contribution in [2.45, 2.75) is 26.3 Å². The van der Waals surface area contributed by atoms with Crippen LogP contribution in [-0.2, 0) is 17.8 Å². The minimum absolute atomic E-state index is 0.0896. The van der Waals surface area contributed by atoms with E-state index in [2.05, 4.69) is 33.0 Å². The SMILES string of the molecule is CC/C(Cc1ccccc1)=N\NC(=O)Cn1nnc2ccccc21. The molecule has 1 heterocycles. The van der Waals surface area contributed by atoms with Gasteiger partial charge in [-0.3, -0.25) is 4.79 Å². The first-order valence-corrected chi connectivity index (χ1v) is 7.92. The first-order chi connectivity index (χ1) is 11.8. The zero-order valence-corrected chi connectivity index (χ0v) is 13.5. The standard InChI is InChI=1S/C18H19N5O/c1-2-15(12-14-8-4-3-5-9-14)19-21-18(24)13-23-17-11-7-6-10-16(17)20-22-23/h3-11H,2,12-13H2,1H3,(H,21,24)/b19-15+. The number of para-hydroxylation sites is 1. The lowest BCUT2D eigenvalue weighted by Gasteiger charge is -2.06. The van der Waals surface area contributed by atoms with Crippen LogP contribution in [0, 0.1) is 0 Å². The van der Waals surface area contributed by atoms with Gasteiger partial charge in [0, 0.05) is 12.1 Å². The summed E-state index contributed by atoms with van der Waals surface area (Å²) in [6, 6.07) is 17.6. The third-order valence-corrected chi connectivity index (χ3v) is 3.71. The van der Waals surface area contributed by atoms with Crippen LogP contribution in [0.5, 0.6) is 0 Å². The van der Waals surface area contributed by atoms with Crippen molar-refractivity contribution in [2.24, 2.45) is 5.10 Å². The minimum Gasteiger partial charge on any atom is -0.271 e. The number of aromatic nitrogens is 3. The van der Waals surface area contributed by atoms with Gasteiger partial charge in [0.15, 0.2) is 0 Å². The largest absolute Gasteiger partial charge is 0.271 e. The van der Waals surface area contributed by atoms with E-state index in [4.69, 9.17) is 0 Å². The second-order valence-electron chi connectivity index (χ2n) is 5.46. The van der Waals surface area contributed by atoms with E-state index in [0.717, 1.165) is 29.6 Å². The van der Waals surface area contributed by atoms with E-state index < -0.39 is 0 Å². The van der Waals surface area contributed by atoms with Crippen molar-refractivity contribution in [1.82, 2.24) is 20.4 Å². The van der Waals surface area contributed by atoms with E-state index in [1.165, 1.54) is 5.56 Å². The fourth-order valence-corrected chi connectivity index (χ4v) is 2.42. The van der Waals surface area contributed by atoms with Gasteiger partial charge in [0.2, 0.25) is 0 Å². The Hall–Kier alpha value is -3.02. The molecular weight excluding hydrogens is 302 g/mol. The van der Waals surface area contributed by atoms with Crippen molar-refractivity contribution in [2.75, 3.05) is 0 Å². The van der Waals surface area contributed by atoms with Crippen LogP contribution in [0.25, 0.3) is 11.0 Å². The van der Waals surface area contributed by atoms with Crippen molar-refractivity contribution in [3.05, 3.63) is 60.2 Å². The number of fused-ring (bicyclic) bond motifs is 1. The fraction of sp³-hybridized carbons (Fsp3) is 0.222. The Bertz CT molecular complexity index is 854. The number of benzene rings is 2. The van der Waals surface area contributed by atoms with Crippen LogP contribution in [0.3, 0.4) is 0 Å². The fourth-order valence-electron chi connectivity index (χ4n) is 2.42. The van der Waals surface area contributed by atoms with Gasteiger partial charge in [0.1, 0.15) is 12.1 Å². The number of hydrazone groups is 1. The molecule has 0 unspecified atom stereocenters. The van der Waals surface area contributed by atoms with E-state index in [-0.39, 0.29) is 12.5 Å². The Labute approximate surface area is 140 Å². The number of amides is 1. The molecule has 1 N–H and O–H groups in total. The number of rotatable bonds is 6. The summed E-state index contributed by atoms with van der Waals surface area (Å²) in [5, 5.41) is 12.3. The van der Waals surface area contributed by atoms with E-state index in [0.29, 0.717) is 0 Å². The molecule has 0 atom stereocenters. The number of hydrogen-bond acceptors (Lipinski definition) is 4. The molecule has 3 aromatic rings. The number of hydrogen-bond donors (Lipinski definition) is 1. The van der Waals surface area contributed by atoms with Gasteiger partial charge < -0.3 is 0 Å². The molecule has 1 amide bonds. The number of carbonyl (C=O) groups is 1. The molecule has 24 heavy (non-hydrogen) atoms. The first kappa shape index (κ1) is 15.9. The number of nitrogens with one attached hydrogen (secondary N) is 1. The summed E-state index contributed by atoms with van der Waals surface area (Å²) < 4.78 is 1.57. The lowest BCUT2D eigenvalue weighted by Crippen LogP contribution is -2.25. The van der Waals surface area contributed by atoms with Crippen molar-refractivity contribution in [1.29, 1.82) is 0 Å². The zero-order valence-electron chi connectivity index (χ0n) is 13.5. The van der Waals surface area contributed by atoms with Crippen LogP contribution in [0.4, 0.5) is 0 Å². The molecule has 122 valence electrons. The number of carbonyl (C=O) groups excluding carboxylic acids is 1. The lowest BCUT2D eigenvalue weighted by molar-refractivity contribution is -0.121. The maximum atomic E-state index is 12.1. The molecule has 6 heteroatoms. The monoisotopic (exact) mass is 321 g/mol. The molecule has 0 spiro atoms. The molecule has 0 radical (unpaired) electrons. The highest BCUT2D eigenvalue weighted by Crippen LogP contribution is 2.09. The van der Waals surface area contributed by atoms with Crippen LogP contribution >= 0.6 is 0 Å². The van der Waals surface area contributed by atoms with Crippen LogP contribution in [0.1, 0.15) is 18.9 Å². The Morgan fingerprint density at radius 1 is 1.12 bits per heavy atom. The normalized spacial score (nSPS) is 11.6. The van der Waals surface area contributed by atoms with Crippen molar-refractivity contribution in [3.8, 4) is 0 Å². The highest BCUT2D eigenvalue weighted by atomic mass is 16.2. The predicted molar refractivity (Wildman–Crippen MR) is 93.5 cm³/mol. The third kappa shape index (κ3) is 3.84. The van der Waals surface area contributed by atoms with E-state index in [1.807, 2.05) is 49.4 Å². The summed E-state index contributed by atoms with van der Waals surface area (Å²) in [6.45, 7) is 2.12. The maximum Gasteiger partial charge on any atom is 0.261 e. The zero-order chi connectivity index (χ0) is 16.8. The average Bonchev–Trinajstić information content (AvgIpc) is 3.02. The van der Waals surface area contributed by atoms with E-state index in [1.54, 1.807) is 4.68 Å². The minimum atomic E-state index is -0.218. The van der Waals surface area contributed by atoms with Gasteiger partial charge in [-0.15, -0.1) is 5.10 Å². The van der Waals surface area contributed by atoms with Gasteiger partial charge in [-0.25, -0.2) is 10.1 Å². The van der Waals surface area contributed by atoms with E-state index >= 15 is 0 Å². The molecule has 0 bridgehead atoms. The van der Waals surface area contributed by atoms with Gasteiger partial charge in [-0.1, -0.05) is 54.6 Å². The smallest absolute Gasteiger partial charge is 0.261 e.